The van der Waals surface area contributed by atoms with E-state index in [0.29, 0.717) is 0 Å². The molecule has 0 unspecified atom stereocenters. The van der Waals surface area contributed by atoms with Gasteiger partial charge in [0.2, 0.25) is 0 Å². The van der Waals surface area contributed by atoms with E-state index < -0.39 is 0 Å². The maximum absolute atomic E-state index is 10.2. The molecule has 1 heteroatoms. The van der Waals surface area contributed by atoms with Crippen LogP contribution in [0.1, 0.15) is 16.7 Å². The van der Waals surface area contributed by atoms with Crippen molar-refractivity contribution in [1.29, 1.82) is 0 Å². The zero-order chi connectivity index (χ0) is 8.97. The van der Waals surface area contributed by atoms with Crippen molar-refractivity contribution < 1.29 is 5.11 Å². The molecule has 0 atom stereocenters. The third-order valence-electron chi connectivity index (χ3n) is 1.82. The highest BCUT2D eigenvalue weighted by molar-refractivity contribution is 5.54. The average Bonchev–Trinajstić information content (AvgIpc) is 2.03. The maximum Gasteiger partial charge on any atom is 0.101 e. The molecule has 1 aromatic carbocycles. The Balaban J connectivity index is 2.94. The van der Waals surface area contributed by atoms with Gasteiger partial charge in [-0.25, -0.2) is 5.11 Å². The molecule has 0 aliphatic carbocycles. The summed E-state index contributed by atoms with van der Waals surface area (Å²) in [5.74, 6) is 0. The van der Waals surface area contributed by atoms with E-state index in [1.54, 1.807) is 6.08 Å². The minimum absolute atomic E-state index is 0.146. The summed E-state index contributed by atoms with van der Waals surface area (Å²) < 4.78 is 0. The van der Waals surface area contributed by atoms with E-state index in [2.05, 4.69) is 26.0 Å². The molecule has 12 heavy (non-hydrogen) atoms. The largest absolute Gasteiger partial charge is 0.232 e. The summed E-state index contributed by atoms with van der Waals surface area (Å²) in [6.45, 7) is 3.97. The summed E-state index contributed by atoms with van der Waals surface area (Å²) in [7, 11) is 0. The minimum Gasteiger partial charge on any atom is -0.232 e. The van der Waals surface area contributed by atoms with Crippen LogP contribution in [-0.4, -0.2) is 6.61 Å². The van der Waals surface area contributed by atoms with Crippen LogP contribution in [0.4, 0.5) is 0 Å². The van der Waals surface area contributed by atoms with Gasteiger partial charge in [0, 0.05) is 0 Å². The van der Waals surface area contributed by atoms with Crippen molar-refractivity contribution in [1.82, 2.24) is 0 Å². The number of benzene rings is 1. The van der Waals surface area contributed by atoms with Crippen LogP contribution in [0, 0.1) is 13.8 Å². The molecule has 1 aromatic rings. The summed E-state index contributed by atoms with van der Waals surface area (Å²) in [5, 5.41) is 10.2. The predicted octanol–water partition coefficient (Wildman–Crippen LogP) is 2.75. The Morgan fingerprint density at radius 1 is 1.33 bits per heavy atom. The van der Waals surface area contributed by atoms with Gasteiger partial charge >= 0.3 is 0 Å². The van der Waals surface area contributed by atoms with E-state index in [1.165, 1.54) is 11.1 Å². The molecule has 0 amide bonds. The first-order valence-electron chi connectivity index (χ1n) is 4.06. The Morgan fingerprint density at radius 3 is 2.67 bits per heavy atom. The second kappa shape index (κ2) is 4.07. The van der Waals surface area contributed by atoms with E-state index >= 15 is 0 Å². The van der Waals surface area contributed by atoms with Crippen molar-refractivity contribution in [2.24, 2.45) is 0 Å². The first kappa shape index (κ1) is 9.01. The lowest BCUT2D eigenvalue weighted by atomic mass is 10.1. The third kappa shape index (κ3) is 2.21. The topological polar surface area (TPSA) is 19.9 Å². The van der Waals surface area contributed by atoms with Crippen molar-refractivity contribution in [3.05, 3.63) is 41.0 Å². The van der Waals surface area contributed by atoms with Crippen molar-refractivity contribution in [2.45, 2.75) is 13.8 Å². The molecule has 0 aliphatic heterocycles. The highest BCUT2D eigenvalue weighted by Crippen LogP contribution is 2.11. The fourth-order valence-corrected chi connectivity index (χ4v) is 1.19. The van der Waals surface area contributed by atoms with Crippen LogP contribution in [0.25, 0.3) is 6.08 Å². The standard InChI is InChI=1S/C11H13O/c1-9-5-6-11(4-3-7-12)10(2)8-9/h3-6,8H,7H2,1-2H3/b4-3+. The van der Waals surface area contributed by atoms with Crippen molar-refractivity contribution in [3.8, 4) is 0 Å². The van der Waals surface area contributed by atoms with Crippen LogP contribution in [0.3, 0.4) is 0 Å². The van der Waals surface area contributed by atoms with E-state index in [0.717, 1.165) is 5.56 Å². The number of rotatable bonds is 2. The summed E-state index contributed by atoms with van der Waals surface area (Å²) in [5.41, 5.74) is 3.61. The fourth-order valence-electron chi connectivity index (χ4n) is 1.19. The van der Waals surface area contributed by atoms with Crippen LogP contribution in [0.2, 0.25) is 0 Å². The van der Waals surface area contributed by atoms with Crippen LogP contribution in [-0.2, 0) is 5.11 Å². The van der Waals surface area contributed by atoms with Crippen LogP contribution in [0.15, 0.2) is 24.3 Å². The lowest BCUT2D eigenvalue weighted by Gasteiger charge is -2.00. The average molecular weight is 161 g/mol. The van der Waals surface area contributed by atoms with Gasteiger partial charge in [-0.15, -0.1) is 0 Å². The summed E-state index contributed by atoms with van der Waals surface area (Å²) in [4.78, 5) is 0. The molecule has 0 fully saturated rings. The maximum atomic E-state index is 10.2. The van der Waals surface area contributed by atoms with Gasteiger partial charge in [0.15, 0.2) is 0 Å². The third-order valence-corrected chi connectivity index (χ3v) is 1.82. The molecule has 1 rings (SSSR count). The SMILES string of the molecule is Cc1ccc(/C=C/C[O])c(C)c1. The summed E-state index contributed by atoms with van der Waals surface area (Å²) in [6.07, 6.45) is 3.51. The normalized spacial score (nSPS) is 10.9. The fraction of sp³-hybridized carbons (Fsp3) is 0.273. The highest BCUT2D eigenvalue weighted by atomic mass is 16.2. The molecule has 0 spiro atoms. The number of hydrogen-bond acceptors (Lipinski definition) is 0. The molecule has 1 nitrogen and oxygen atoms in total. The minimum atomic E-state index is -0.146. The van der Waals surface area contributed by atoms with Gasteiger partial charge in [-0.2, -0.15) is 0 Å². The molecular weight excluding hydrogens is 148 g/mol. The second-order valence-corrected chi connectivity index (χ2v) is 2.93. The van der Waals surface area contributed by atoms with Crippen LogP contribution >= 0.6 is 0 Å². The predicted molar refractivity (Wildman–Crippen MR) is 50.5 cm³/mol. The first-order chi connectivity index (χ1) is 5.74. The summed E-state index contributed by atoms with van der Waals surface area (Å²) in [6, 6.07) is 6.21. The monoisotopic (exact) mass is 161 g/mol. The van der Waals surface area contributed by atoms with E-state index in [-0.39, 0.29) is 6.61 Å². The highest BCUT2D eigenvalue weighted by Gasteiger charge is 1.92. The Morgan fingerprint density at radius 2 is 2.08 bits per heavy atom. The molecular formula is C11H13O. The Hall–Kier alpha value is -1.08. The van der Waals surface area contributed by atoms with Gasteiger partial charge in [-0.1, -0.05) is 35.9 Å². The van der Waals surface area contributed by atoms with Gasteiger partial charge < -0.3 is 0 Å². The van der Waals surface area contributed by atoms with Crippen LogP contribution < -0.4 is 0 Å². The van der Waals surface area contributed by atoms with Gasteiger partial charge in [0.25, 0.3) is 0 Å². The molecule has 0 aliphatic rings. The Labute approximate surface area is 73.4 Å². The lowest BCUT2D eigenvalue weighted by Crippen LogP contribution is -1.82. The zero-order valence-electron chi connectivity index (χ0n) is 7.50. The van der Waals surface area contributed by atoms with Gasteiger partial charge in [-0.3, -0.25) is 0 Å². The summed E-state index contributed by atoms with van der Waals surface area (Å²) >= 11 is 0. The zero-order valence-corrected chi connectivity index (χ0v) is 7.50. The molecule has 0 N–H and O–H groups in total. The lowest BCUT2D eigenvalue weighted by molar-refractivity contribution is 0.233. The molecule has 0 saturated heterocycles. The van der Waals surface area contributed by atoms with E-state index in [4.69, 9.17) is 0 Å². The van der Waals surface area contributed by atoms with Crippen molar-refractivity contribution in [2.75, 3.05) is 6.61 Å². The molecule has 1 radical (unpaired) electrons. The van der Waals surface area contributed by atoms with Crippen molar-refractivity contribution in [3.63, 3.8) is 0 Å². The number of hydrogen-bond donors (Lipinski definition) is 0. The van der Waals surface area contributed by atoms with Gasteiger partial charge in [0.05, 0.1) is 0 Å². The molecule has 0 aromatic heterocycles. The molecule has 63 valence electrons. The quantitative estimate of drug-likeness (QED) is 0.635. The van der Waals surface area contributed by atoms with E-state index in [1.807, 2.05) is 12.1 Å². The Kier molecular flexibility index (Phi) is 3.06. The van der Waals surface area contributed by atoms with Crippen molar-refractivity contribution >= 4 is 6.08 Å². The smallest absolute Gasteiger partial charge is 0.101 e. The second-order valence-electron chi connectivity index (χ2n) is 2.93. The number of aryl methyl sites for hydroxylation is 2. The molecule has 0 heterocycles. The Bertz CT molecular complexity index is 287. The molecule has 0 saturated carbocycles. The first-order valence-corrected chi connectivity index (χ1v) is 4.06. The molecule has 0 bridgehead atoms. The van der Waals surface area contributed by atoms with Gasteiger partial charge in [0.1, 0.15) is 6.61 Å². The van der Waals surface area contributed by atoms with E-state index in [9.17, 15) is 5.11 Å². The van der Waals surface area contributed by atoms with Gasteiger partial charge in [-0.05, 0) is 25.0 Å². The van der Waals surface area contributed by atoms with Crippen LogP contribution in [0.5, 0.6) is 0 Å².